The van der Waals surface area contributed by atoms with Crippen molar-refractivity contribution in [2.75, 3.05) is 6.54 Å². The highest BCUT2D eigenvalue weighted by Gasteiger charge is 2.29. The molecule has 33 heavy (non-hydrogen) atoms. The monoisotopic (exact) mass is 447 g/mol. The predicted octanol–water partition coefficient (Wildman–Crippen LogP) is 6.21. The van der Waals surface area contributed by atoms with Crippen molar-refractivity contribution >= 4 is 16.8 Å². The summed E-state index contributed by atoms with van der Waals surface area (Å²) in [6.45, 7) is 11.1. The molecule has 0 aliphatic carbocycles. The van der Waals surface area contributed by atoms with Crippen molar-refractivity contribution in [3.8, 4) is 5.69 Å². The molecule has 5 nitrogen and oxygen atoms in total. The number of rotatable bonds is 10. The van der Waals surface area contributed by atoms with E-state index in [1.807, 2.05) is 60.4 Å². The lowest BCUT2D eigenvalue weighted by molar-refractivity contribution is -0.134. The standard InChI is InChI=1S/C28H37N3O2/c1-6-8-9-14-26(32)30(19-20(3)4)25(7-2)27-29-24-13-11-10-12-23(24)28(33)31(27)22-17-15-21(5)16-18-22/h10-13,15-18,20,25H,6-9,14,19H2,1-5H3. The molecule has 0 saturated carbocycles. The third kappa shape index (κ3) is 5.70. The van der Waals surface area contributed by atoms with Gasteiger partial charge in [0.1, 0.15) is 5.82 Å². The quantitative estimate of drug-likeness (QED) is 0.347. The zero-order chi connectivity index (χ0) is 24.0. The first kappa shape index (κ1) is 24.7. The first-order valence-corrected chi connectivity index (χ1v) is 12.3. The molecule has 0 fully saturated rings. The molecule has 5 heteroatoms. The van der Waals surface area contributed by atoms with Crippen LogP contribution in [0.3, 0.4) is 0 Å². The largest absolute Gasteiger partial charge is 0.332 e. The zero-order valence-electron chi connectivity index (χ0n) is 20.7. The fourth-order valence-corrected chi connectivity index (χ4v) is 4.33. The molecule has 0 spiro atoms. The molecule has 1 amide bonds. The van der Waals surface area contributed by atoms with Crippen LogP contribution in [0.4, 0.5) is 0 Å². The van der Waals surface area contributed by atoms with Crippen molar-refractivity contribution in [3.05, 3.63) is 70.3 Å². The molecule has 2 aromatic carbocycles. The second-order valence-corrected chi connectivity index (χ2v) is 9.28. The average Bonchev–Trinajstić information content (AvgIpc) is 2.80. The van der Waals surface area contributed by atoms with Gasteiger partial charge in [0, 0.05) is 13.0 Å². The van der Waals surface area contributed by atoms with Crippen LogP contribution < -0.4 is 5.56 Å². The Balaban J connectivity index is 2.20. The topological polar surface area (TPSA) is 55.2 Å². The lowest BCUT2D eigenvalue weighted by Crippen LogP contribution is -2.40. The molecule has 1 heterocycles. The molecular formula is C28H37N3O2. The normalized spacial score (nSPS) is 12.3. The molecule has 0 N–H and O–H groups in total. The van der Waals surface area contributed by atoms with Gasteiger partial charge in [-0.15, -0.1) is 0 Å². The second-order valence-electron chi connectivity index (χ2n) is 9.28. The SMILES string of the molecule is CCCCCC(=O)N(CC(C)C)C(CC)c1nc2ccccc2c(=O)n1-c1ccc(C)cc1. The lowest BCUT2D eigenvalue weighted by Gasteiger charge is -2.33. The van der Waals surface area contributed by atoms with Crippen LogP contribution in [0.15, 0.2) is 53.3 Å². The third-order valence-corrected chi connectivity index (χ3v) is 6.03. The maximum atomic E-state index is 13.7. The Bertz CT molecular complexity index is 1130. The van der Waals surface area contributed by atoms with Crippen molar-refractivity contribution in [2.45, 2.75) is 72.8 Å². The summed E-state index contributed by atoms with van der Waals surface area (Å²) in [4.78, 5) is 34.0. The smallest absolute Gasteiger partial charge is 0.266 e. The average molecular weight is 448 g/mol. The minimum atomic E-state index is -0.278. The fourth-order valence-electron chi connectivity index (χ4n) is 4.33. The van der Waals surface area contributed by atoms with Crippen molar-refractivity contribution in [1.82, 2.24) is 14.5 Å². The number of carbonyl (C=O) groups excluding carboxylic acids is 1. The number of nitrogens with zero attached hydrogens (tertiary/aromatic N) is 3. The van der Waals surface area contributed by atoms with Crippen molar-refractivity contribution in [1.29, 1.82) is 0 Å². The number of hydrogen-bond donors (Lipinski definition) is 0. The molecule has 0 saturated heterocycles. The summed E-state index contributed by atoms with van der Waals surface area (Å²) >= 11 is 0. The minimum Gasteiger partial charge on any atom is -0.332 e. The summed E-state index contributed by atoms with van der Waals surface area (Å²) in [6, 6.07) is 15.1. The molecule has 3 aromatic rings. The Labute approximate surface area is 197 Å². The Morgan fingerprint density at radius 1 is 1.03 bits per heavy atom. The van der Waals surface area contributed by atoms with Gasteiger partial charge in [0.15, 0.2) is 0 Å². The summed E-state index contributed by atoms with van der Waals surface area (Å²) in [6.07, 6.45) is 4.22. The highest BCUT2D eigenvalue weighted by atomic mass is 16.2. The van der Waals surface area contributed by atoms with Gasteiger partial charge in [0.05, 0.1) is 22.6 Å². The van der Waals surface area contributed by atoms with E-state index < -0.39 is 0 Å². The number of para-hydroxylation sites is 1. The number of aromatic nitrogens is 2. The van der Waals surface area contributed by atoms with Crippen LogP contribution >= 0.6 is 0 Å². The second kappa shape index (κ2) is 11.3. The van der Waals surface area contributed by atoms with Gasteiger partial charge in [-0.05, 0) is 49.9 Å². The molecule has 1 atom stereocenters. The van der Waals surface area contributed by atoms with Gasteiger partial charge in [0.2, 0.25) is 5.91 Å². The van der Waals surface area contributed by atoms with E-state index in [9.17, 15) is 9.59 Å². The van der Waals surface area contributed by atoms with Crippen molar-refractivity contribution < 1.29 is 4.79 Å². The highest BCUT2D eigenvalue weighted by molar-refractivity contribution is 5.79. The van der Waals surface area contributed by atoms with Gasteiger partial charge >= 0.3 is 0 Å². The van der Waals surface area contributed by atoms with E-state index in [1.54, 1.807) is 4.57 Å². The van der Waals surface area contributed by atoms with Gasteiger partial charge in [-0.2, -0.15) is 0 Å². The van der Waals surface area contributed by atoms with E-state index in [1.165, 1.54) is 0 Å². The van der Waals surface area contributed by atoms with Crippen LogP contribution in [0, 0.1) is 12.8 Å². The summed E-state index contributed by atoms with van der Waals surface area (Å²) in [5, 5.41) is 0.585. The van der Waals surface area contributed by atoms with E-state index in [4.69, 9.17) is 4.98 Å². The maximum absolute atomic E-state index is 13.7. The molecule has 0 bridgehead atoms. The van der Waals surface area contributed by atoms with Crippen molar-refractivity contribution in [2.24, 2.45) is 5.92 Å². The van der Waals surface area contributed by atoms with Gasteiger partial charge in [-0.25, -0.2) is 4.98 Å². The number of aryl methyl sites for hydroxylation is 1. The van der Waals surface area contributed by atoms with Crippen molar-refractivity contribution in [3.63, 3.8) is 0 Å². The molecule has 0 radical (unpaired) electrons. The summed E-state index contributed by atoms with van der Waals surface area (Å²) in [5.41, 5.74) is 2.48. The van der Waals surface area contributed by atoms with Gasteiger partial charge in [-0.3, -0.25) is 14.2 Å². The van der Waals surface area contributed by atoms with E-state index in [-0.39, 0.29) is 17.5 Å². The van der Waals surface area contributed by atoms with E-state index in [0.29, 0.717) is 42.0 Å². The molecule has 1 aromatic heterocycles. The molecule has 0 aliphatic rings. The van der Waals surface area contributed by atoms with Crippen LogP contribution in [0.2, 0.25) is 0 Å². The van der Waals surface area contributed by atoms with E-state index in [2.05, 4.69) is 27.7 Å². The Kier molecular flexibility index (Phi) is 8.43. The predicted molar refractivity (Wildman–Crippen MR) is 136 cm³/mol. The Morgan fingerprint density at radius 2 is 1.73 bits per heavy atom. The number of carbonyl (C=O) groups is 1. The van der Waals surface area contributed by atoms with Gasteiger partial charge in [-0.1, -0.05) is 70.4 Å². The Hall–Kier alpha value is -2.95. The van der Waals surface area contributed by atoms with Crippen LogP contribution in [0.1, 0.15) is 77.2 Å². The van der Waals surface area contributed by atoms with E-state index in [0.717, 1.165) is 30.5 Å². The number of fused-ring (bicyclic) bond motifs is 1. The zero-order valence-corrected chi connectivity index (χ0v) is 20.7. The van der Waals surface area contributed by atoms with Crippen LogP contribution in [-0.2, 0) is 4.79 Å². The summed E-state index contributed by atoms with van der Waals surface area (Å²) < 4.78 is 1.71. The fraction of sp³-hybridized carbons (Fsp3) is 0.464. The highest BCUT2D eigenvalue weighted by Crippen LogP contribution is 2.28. The number of unbranched alkanes of at least 4 members (excludes halogenated alkanes) is 2. The van der Waals surface area contributed by atoms with E-state index >= 15 is 0 Å². The molecule has 3 rings (SSSR count). The molecule has 1 unspecified atom stereocenters. The first-order chi connectivity index (χ1) is 15.9. The number of hydrogen-bond acceptors (Lipinski definition) is 3. The number of benzene rings is 2. The Morgan fingerprint density at radius 3 is 2.36 bits per heavy atom. The number of amides is 1. The molecular weight excluding hydrogens is 410 g/mol. The maximum Gasteiger partial charge on any atom is 0.266 e. The first-order valence-electron chi connectivity index (χ1n) is 12.3. The lowest BCUT2D eigenvalue weighted by atomic mass is 10.1. The third-order valence-electron chi connectivity index (χ3n) is 6.03. The minimum absolute atomic E-state index is 0.0965. The van der Waals surface area contributed by atoms with Gasteiger partial charge < -0.3 is 4.90 Å². The van der Waals surface area contributed by atoms with Crippen LogP contribution in [0.5, 0.6) is 0 Å². The summed E-state index contributed by atoms with van der Waals surface area (Å²) in [5.74, 6) is 1.09. The molecule has 176 valence electrons. The molecule has 0 aliphatic heterocycles. The van der Waals surface area contributed by atoms with Gasteiger partial charge in [0.25, 0.3) is 5.56 Å². The summed E-state index contributed by atoms with van der Waals surface area (Å²) in [7, 11) is 0. The van der Waals surface area contributed by atoms with Crippen LogP contribution in [0.25, 0.3) is 16.6 Å². The van der Waals surface area contributed by atoms with Crippen LogP contribution in [-0.4, -0.2) is 26.9 Å².